The molecule has 0 aromatic heterocycles. The van der Waals surface area contributed by atoms with Crippen LogP contribution in [0.1, 0.15) is 44.1 Å². The maximum absolute atomic E-state index is 13.8. The molecule has 1 aromatic rings. The lowest BCUT2D eigenvalue weighted by Crippen LogP contribution is -2.52. The molecule has 1 saturated heterocycles. The molecule has 1 heterocycles. The van der Waals surface area contributed by atoms with Crippen LogP contribution in [0.25, 0.3) is 0 Å². The molecule has 0 unspecified atom stereocenters. The number of hydrogen-bond acceptors (Lipinski definition) is 2. The molecule has 1 aromatic carbocycles. The molecular formula is C17H25FN2. The highest BCUT2D eigenvalue weighted by atomic mass is 19.1. The third kappa shape index (κ3) is 2.69. The van der Waals surface area contributed by atoms with Gasteiger partial charge in [0.2, 0.25) is 0 Å². The fourth-order valence-electron chi connectivity index (χ4n) is 3.83. The average Bonchev–Trinajstić information content (AvgIpc) is 2.66. The van der Waals surface area contributed by atoms with Crippen molar-refractivity contribution in [3.63, 3.8) is 0 Å². The first kappa shape index (κ1) is 13.9. The van der Waals surface area contributed by atoms with Crippen LogP contribution in [0.15, 0.2) is 18.2 Å². The Morgan fingerprint density at radius 1 is 1.15 bits per heavy atom. The summed E-state index contributed by atoms with van der Waals surface area (Å²) in [5.74, 6) is -0.0857. The van der Waals surface area contributed by atoms with E-state index in [0.717, 1.165) is 37.3 Å². The Balaban J connectivity index is 1.86. The number of benzene rings is 1. The van der Waals surface area contributed by atoms with Crippen LogP contribution in [0, 0.1) is 12.7 Å². The van der Waals surface area contributed by atoms with E-state index < -0.39 is 0 Å². The van der Waals surface area contributed by atoms with Crippen LogP contribution in [0.4, 0.5) is 10.1 Å². The van der Waals surface area contributed by atoms with E-state index in [4.69, 9.17) is 0 Å². The molecule has 1 spiro atoms. The van der Waals surface area contributed by atoms with Gasteiger partial charge >= 0.3 is 0 Å². The fourth-order valence-corrected chi connectivity index (χ4v) is 3.83. The van der Waals surface area contributed by atoms with Crippen molar-refractivity contribution in [2.24, 2.45) is 0 Å². The second kappa shape index (κ2) is 5.72. The molecule has 2 fully saturated rings. The Hall–Kier alpha value is -1.09. The predicted molar refractivity (Wildman–Crippen MR) is 81.8 cm³/mol. The highest BCUT2D eigenvalue weighted by molar-refractivity contribution is 5.54. The van der Waals surface area contributed by atoms with Crippen LogP contribution in [0.2, 0.25) is 0 Å². The summed E-state index contributed by atoms with van der Waals surface area (Å²) in [7, 11) is 0. The smallest absolute Gasteiger partial charge is 0.128 e. The quantitative estimate of drug-likeness (QED) is 0.842. The minimum Gasteiger partial charge on any atom is -0.369 e. The van der Waals surface area contributed by atoms with Crippen LogP contribution in [-0.2, 0) is 0 Å². The van der Waals surface area contributed by atoms with Gasteiger partial charge in [-0.2, -0.15) is 0 Å². The van der Waals surface area contributed by atoms with E-state index in [2.05, 4.69) is 16.3 Å². The fraction of sp³-hybridized carbons (Fsp3) is 0.647. The summed E-state index contributed by atoms with van der Waals surface area (Å²) >= 11 is 0. The van der Waals surface area contributed by atoms with Gasteiger partial charge in [0.25, 0.3) is 0 Å². The number of halogens is 1. The minimum absolute atomic E-state index is 0.0857. The monoisotopic (exact) mass is 276 g/mol. The Morgan fingerprint density at radius 2 is 1.95 bits per heavy atom. The van der Waals surface area contributed by atoms with E-state index in [9.17, 15) is 4.39 Å². The summed E-state index contributed by atoms with van der Waals surface area (Å²) in [6.45, 7) is 5.04. The largest absolute Gasteiger partial charge is 0.369 e. The van der Waals surface area contributed by atoms with Crippen molar-refractivity contribution in [1.29, 1.82) is 0 Å². The van der Waals surface area contributed by atoms with Gasteiger partial charge in [0.15, 0.2) is 0 Å². The molecule has 3 rings (SSSR count). The number of anilines is 1. The molecule has 2 aliphatic rings. The predicted octanol–water partition coefficient (Wildman–Crippen LogP) is 3.64. The lowest BCUT2D eigenvalue weighted by atomic mass is 9.81. The van der Waals surface area contributed by atoms with Crippen molar-refractivity contribution in [1.82, 2.24) is 5.32 Å². The van der Waals surface area contributed by atoms with Crippen molar-refractivity contribution >= 4 is 5.69 Å². The number of nitrogens with one attached hydrogen (secondary N) is 1. The van der Waals surface area contributed by atoms with Crippen molar-refractivity contribution in [2.45, 2.75) is 51.0 Å². The van der Waals surface area contributed by atoms with Crippen LogP contribution in [0.5, 0.6) is 0 Å². The van der Waals surface area contributed by atoms with E-state index >= 15 is 0 Å². The first-order valence-electron chi connectivity index (χ1n) is 7.95. The Bertz CT molecular complexity index is 466. The lowest BCUT2D eigenvalue weighted by molar-refractivity contribution is 0.246. The molecular weight excluding hydrogens is 251 g/mol. The highest BCUT2D eigenvalue weighted by Crippen LogP contribution is 2.33. The summed E-state index contributed by atoms with van der Waals surface area (Å²) in [5.41, 5.74) is 2.13. The minimum atomic E-state index is -0.0857. The molecule has 0 bridgehead atoms. The molecule has 3 heteroatoms. The zero-order valence-electron chi connectivity index (χ0n) is 12.4. The summed E-state index contributed by atoms with van der Waals surface area (Å²) in [4.78, 5) is 2.41. The lowest BCUT2D eigenvalue weighted by Gasteiger charge is -2.41. The van der Waals surface area contributed by atoms with Crippen LogP contribution in [-0.4, -0.2) is 25.2 Å². The van der Waals surface area contributed by atoms with Crippen molar-refractivity contribution in [2.75, 3.05) is 24.5 Å². The molecule has 1 aliphatic carbocycles. The third-order valence-electron chi connectivity index (χ3n) is 4.99. The van der Waals surface area contributed by atoms with E-state index in [1.807, 2.05) is 13.0 Å². The van der Waals surface area contributed by atoms with Gasteiger partial charge in [-0.25, -0.2) is 4.39 Å². The number of hydrogen-bond donors (Lipinski definition) is 1. The molecule has 0 atom stereocenters. The average molecular weight is 276 g/mol. The maximum atomic E-state index is 13.8. The van der Waals surface area contributed by atoms with Gasteiger partial charge in [-0.1, -0.05) is 25.3 Å². The van der Waals surface area contributed by atoms with Gasteiger partial charge in [0.1, 0.15) is 5.82 Å². The molecule has 0 amide bonds. The number of rotatable bonds is 1. The van der Waals surface area contributed by atoms with Gasteiger partial charge < -0.3 is 10.2 Å². The van der Waals surface area contributed by atoms with E-state index in [1.165, 1.54) is 32.1 Å². The molecule has 1 aliphatic heterocycles. The van der Waals surface area contributed by atoms with Gasteiger partial charge in [-0.3, -0.25) is 0 Å². The van der Waals surface area contributed by atoms with Crippen molar-refractivity contribution in [3.05, 3.63) is 29.6 Å². The SMILES string of the molecule is Cc1c(F)cccc1N1CCCNC2(CCCCC2)C1. The van der Waals surface area contributed by atoms with Gasteiger partial charge in [-0.05, 0) is 44.9 Å². The zero-order valence-corrected chi connectivity index (χ0v) is 12.4. The maximum Gasteiger partial charge on any atom is 0.128 e. The molecule has 20 heavy (non-hydrogen) atoms. The Labute approximate surface area is 121 Å². The Morgan fingerprint density at radius 3 is 2.75 bits per heavy atom. The highest BCUT2D eigenvalue weighted by Gasteiger charge is 2.35. The second-order valence-electron chi connectivity index (χ2n) is 6.43. The van der Waals surface area contributed by atoms with Gasteiger partial charge in [0.05, 0.1) is 0 Å². The molecule has 0 radical (unpaired) electrons. The van der Waals surface area contributed by atoms with Gasteiger partial charge in [0, 0.05) is 29.9 Å². The topological polar surface area (TPSA) is 15.3 Å². The number of nitrogens with zero attached hydrogens (tertiary/aromatic N) is 1. The second-order valence-corrected chi connectivity index (χ2v) is 6.43. The van der Waals surface area contributed by atoms with E-state index in [1.54, 1.807) is 6.07 Å². The molecule has 110 valence electrons. The van der Waals surface area contributed by atoms with E-state index in [-0.39, 0.29) is 11.4 Å². The molecule has 2 nitrogen and oxygen atoms in total. The molecule has 1 N–H and O–H groups in total. The first-order chi connectivity index (χ1) is 9.70. The standard InChI is InChI=1S/C17H25FN2/c1-14-15(18)7-5-8-16(14)20-12-6-11-19-17(13-20)9-3-2-4-10-17/h5,7-8,19H,2-4,6,9-13H2,1H3. The molecule has 1 saturated carbocycles. The summed E-state index contributed by atoms with van der Waals surface area (Å²) in [6, 6.07) is 5.47. The van der Waals surface area contributed by atoms with E-state index in [0.29, 0.717) is 0 Å². The normalized spacial score (nSPS) is 22.8. The zero-order chi connectivity index (χ0) is 14.0. The summed E-state index contributed by atoms with van der Waals surface area (Å²) in [6.07, 6.45) is 7.67. The third-order valence-corrected chi connectivity index (χ3v) is 4.99. The first-order valence-corrected chi connectivity index (χ1v) is 7.95. The summed E-state index contributed by atoms with van der Waals surface area (Å²) < 4.78 is 13.8. The van der Waals surface area contributed by atoms with Crippen molar-refractivity contribution in [3.8, 4) is 0 Å². The van der Waals surface area contributed by atoms with Crippen LogP contribution >= 0.6 is 0 Å². The van der Waals surface area contributed by atoms with Crippen molar-refractivity contribution < 1.29 is 4.39 Å². The van der Waals surface area contributed by atoms with Crippen LogP contribution in [0.3, 0.4) is 0 Å². The van der Waals surface area contributed by atoms with Gasteiger partial charge in [-0.15, -0.1) is 0 Å². The summed E-state index contributed by atoms with van der Waals surface area (Å²) in [5, 5.41) is 3.80. The Kier molecular flexibility index (Phi) is 3.97. The van der Waals surface area contributed by atoms with Crippen LogP contribution < -0.4 is 10.2 Å².